The number of unbranched alkanes of at least 4 members (excludes halogenated alkanes) is 5. The lowest BCUT2D eigenvalue weighted by atomic mass is 9.74. The normalized spacial score (nSPS) is 12.0. The quantitative estimate of drug-likeness (QED) is 0.459. The van der Waals surface area contributed by atoms with Gasteiger partial charge < -0.3 is 5.11 Å². The van der Waals surface area contributed by atoms with Crippen LogP contribution in [0.5, 0.6) is 0 Å². The Labute approximate surface area is 109 Å². The van der Waals surface area contributed by atoms with Gasteiger partial charge in [-0.25, -0.2) is 0 Å². The van der Waals surface area contributed by atoms with Crippen LogP contribution in [-0.2, 0) is 0 Å². The molecular weight excluding hydrogens is 208 g/mol. The Morgan fingerprint density at radius 3 is 1.76 bits per heavy atom. The predicted octanol–water partition coefficient (Wildman–Crippen LogP) is 5.32. The Balaban J connectivity index is 3.75. The van der Waals surface area contributed by atoms with E-state index in [9.17, 15) is 0 Å². The van der Waals surface area contributed by atoms with Gasteiger partial charge in [0.25, 0.3) is 0 Å². The van der Waals surface area contributed by atoms with Crippen molar-refractivity contribution < 1.29 is 5.11 Å². The van der Waals surface area contributed by atoms with Crippen LogP contribution in [0.4, 0.5) is 0 Å². The molecule has 104 valence electrons. The van der Waals surface area contributed by atoms with E-state index in [1.807, 2.05) is 0 Å². The molecule has 0 rings (SSSR count). The van der Waals surface area contributed by atoms with Crippen molar-refractivity contribution in [3.05, 3.63) is 0 Å². The molecule has 0 saturated heterocycles. The Morgan fingerprint density at radius 2 is 1.24 bits per heavy atom. The first-order chi connectivity index (χ1) is 8.24. The summed E-state index contributed by atoms with van der Waals surface area (Å²) in [5.41, 5.74) is 0.521. The first kappa shape index (κ1) is 17.0. The maximum atomic E-state index is 8.99. The standard InChI is InChI=1S/C16H34O/c1-4-7-8-9-10-11-13-16(5-2,6-3)14-12-15-17/h17H,4-15H2,1-3H3. The fourth-order valence-electron chi connectivity index (χ4n) is 2.82. The molecule has 0 aromatic heterocycles. The van der Waals surface area contributed by atoms with Crippen LogP contribution in [0, 0.1) is 5.41 Å². The molecule has 0 unspecified atom stereocenters. The summed E-state index contributed by atoms with van der Waals surface area (Å²) in [5.74, 6) is 0. The summed E-state index contributed by atoms with van der Waals surface area (Å²) in [6, 6.07) is 0. The van der Waals surface area contributed by atoms with Gasteiger partial charge in [0.05, 0.1) is 0 Å². The zero-order valence-corrected chi connectivity index (χ0v) is 12.4. The van der Waals surface area contributed by atoms with E-state index >= 15 is 0 Å². The van der Waals surface area contributed by atoms with Crippen LogP contribution in [0.3, 0.4) is 0 Å². The summed E-state index contributed by atoms with van der Waals surface area (Å²) in [7, 11) is 0. The molecule has 0 heterocycles. The summed E-state index contributed by atoms with van der Waals surface area (Å²) >= 11 is 0. The summed E-state index contributed by atoms with van der Waals surface area (Å²) < 4.78 is 0. The van der Waals surface area contributed by atoms with Crippen molar-refractivity contribution in [2.75, 3.05) is 6.61 Å². The highest BCUT2D eigenvalue weighted by atomic mass is 16.2. The van der Waals surface area contributed by atoms with Crippen LogP contribution in [0.2, 0.25) is 0 Å². The first-order valence-corrected chi connectivity index (χ1v) is 7.85. The number of hydrogen-bond donors (Lipinski definition) is 1. The van der Waals surface area contributed by atoms with Crippen LogP contribution in [0.1, 0.15) is 91.4 Å². The van der Waals surface area contributed by atoms with E-state index in [0.717, 1.165) is 6.42 Å². The smallest absolute Gasteiger partial charge is 0.0431 e. The molecule has 0 amide bonds. The molecule has 0 aromatic rings. The average Bonchev–Trinajstić information content (AvgIpc) is 2.38. The average molecular weight is 242 g/mol. The Bertz CT molecular complexity index is 150. The third-order valence-corrected chi connectivity index (χ3v) is 4.43. The van der Waals surface area contributed by atoms with Crippen molar-refractivity contribution in [2.45, 2.75) is 91.4 Å². The molecule has 0 atom stereocenters. The lowest BCUT2D eigenvalue weighted by molar-refractivity contribution is 0.179. The van der Waals surface area contributed by atoms with Gasteiger partial charge in [-0.15, -0.1) is 0 Å². The number of hydrogen-bond acceptors (Lipinski definition) is 1. The summed E-state index contributed by atoms with van der Waals surface area (Å²) in [6.45, 7) is 7.27. The van der Waals surface area contributed by atoms with Crippen LogP contribution in [0.25, 0.3) is 0 Å². The van der Waals surface area contributed by atoms with Gasteiger partial charge in [-0.1, -0.05) is 72.1 Å². The van der Waals surface area contributed by atoms with Crippen molar-refractivity contribution in [1.82, 2.24) is 0 Å². The molecule has 0 aliphatic rings. The van der Waals surface area contributed by atoms with Gasteiger partial charge in [0.2, 0.25) is 0 Å². The molecule has 0 bridgehead atoms. The summed E-state index contributed by atoms with van der Waals surface area (Å²) in [6.07, 6.45) is 14.5. The second kappa shape index (κ2) is 11.1. The van der Waals surface area contributed by atoms with Crippen LogP contribution >= 0.6 is 0 Å². The van der Waals surface area contributed by atoms with Crippen LogP contribution in [-0.4, -0.2) is 11.7 Å². The molecule has 0 aliphatic heterocycles. The van der Waals surface area contributed by atoms with E-state index in [4.69, 9.17) is 5.11 Å². The van der Waals surface area contributed by atoms with Crippen molar-refractivity contribution in [1.29, 1.82) is 0 Å². The maximum absolute atomic E-state index is 8.99. The van der Waals surface area contributed by atoms with Gasteiger partial charge in [-0.05, 0) is 24.7 Å². The van der Waals surface area contributed by atoms with E-state index in [2.05, 4.69) is 20.8 Å². The number of aliphatic hydroxyl groups excluding tert-OH is 1. The Hall–Kier alpha value is -0.0400. The number of aliphatic hydroxyl groups is 1. The zero-order chi connectivity index (χ0) is 13.0. The topological polar surface area (TPSA) is 20.2 Å². The minimum absolute atomic E-state index is 0.359. The van der Waals surface area contributed by atoms with Gasteiger partial charge in [-0.2, -0.15) is 0 Å². The summed E-state index contributed by atoms with van der Waals surface area (Å²) in [5, 5.41) is 8.99. The third-order valence-electron chi connectivity index (χ3n) is 4.43. The highest BCUT2D eigenvalue weighted by Gasteiger charge is 2.24. The lowest BCUT2D eigenvalue weighted by Crippen LogP contribution is -2.19. The van der Waals surface area contributed by atoms with Crippen molar-refractivity contribution in [3.8, 4) is 0 Å². The van der Waals surface area contributed by atoms with E-state index in [1.54, 1.807) is 0 Å². The number of rotatable bonds is 12. The summed E-state index contributed by atoms with van der Waals surface area (Å²) in [4.78, 5) is 0. The molecule has 0 fully saturated rings. The Morgan fingerprint density at radius 1 is 0.706 bits per heavy atom. The lowest BCUT2D eigenvalue weighted by Gasteiger charge is -2.32. The minimum atomic E-state index is 0.359. The largest absolute Gasteiger partial charge is 0.396 e. The van der Waals surface area contributed by atoms with E-state index in [-0.39, 0.29) is 0 Å². The van der Waals surface area contributed by atoms with Crippen molar-refractivity contribution in [3.63, 3.8) is 0 Å². The first-order valence-electron chi connectivity index (χ1n) is 7.85. The Kier molecular flexibility index (Phi) is 11.0. The van der Waals surface area contributed by atoms with E-state index in [0.29, 0.717) is 12.0 Å². The maximum Gasteiger partial charge on any atom is 0.0431 e. The van der Waals surface area contributed by atoms with Crippen LogP contribution in [0.15, 0.2) is 0 Å². The molecule has 1 N–H and O–H groups in total. The highest BCUT2D eigenvalue weighted by Crippen LogP contribution is 2.37. The van der Waals surface area contributed by atoms with Gasteiger partial charge in [0.1, 0.15) is 0 Å². The predicted molar refractivity (Wildman–Crippen MR) is 77.3 cm³/mol. The van der Waals surface area contributed by atoms with Gasteiger partial charge >= 0.3 is 0 Å². The highest BCUT2D eigenvalue weighted by molar-refractivity contribution is 4.76. The minimum Gasteiger partial charge on any atom is -0.396 e. The molecule has 1 heteroatoms. The molecule has 0 aromatic carbocycles. The SMILES string of the molecule is CCCCCCCCC(CC)(CC)CCCO. The second-order valence-electron chi connectivity index (χ2n) is 5.55. The monoisotopic (exact) mass is 242 g/mol. The van der Waals surface area contributed by atoms with E-state index in [1.165, 1.54) is 64.2 Å². The van der Waals surface area contributed by atoms with Crippen LogP contribution < -0.4 is 0 Å². The molecule has 17 heavy (non-hydrogen) atoms. The third kappa shape index (κ3) is 7.81. The fraction of sp³-hybridized carbons (Fsp3) is 1.00. The molecular formula is C16H34O. The van der Waals surface area contributed by atoms with Gasteiger partial charge in [-0.3, -0.25) is 0 Å². The fourth-order valence-corrected chi connectivity index (χ4v) is 2.82. The molecule has 0 aliphatic carbocycles. The molecule has 0 saturated carbocycles. The molecule has 1 nitrogen and oxygen atoms in total. The second-order valence-corrected chi connectivity index (χ2v) is 5.55. The van der Waals surface area contributed by atoms with Crippen molar-refractivity contribution in [2.24, 2.45) is 5.41 Å². The van der Waals surface area contributed by atoms with E-state index < -0.39 is 0 Å². The van der Waals surface area contributed by atoms with Gasteiger partial charge in [0.15, 0.2) is 0 Å². The van der Waals surface area contributed by atoms with Crippen molar-refractivity contribution >= 4 is 0 Å². The molecule has 0 spiro atoms. The zero-order valence-electron chi connectivity index (χ0n) is 12.4. The van der Waals surface area contributed by atoms with Gasteiger partial charge in [0, 0.05) is 6.61 Å². The molecule has 0 radical (unpaired) electrons.